The molecule has 0 heterocycles. The fourth-order valence-corrected chi connectivity index (χ4v) is 1.68. The van der Waals surface area contributed by atoms with E-state index in [9.17, 15) is 9.59 Å². The highest BCUT2D eigenvalue weighted by molar-refractivity contribution is 6.30. The second kappa shape index (κ2) is 8.45. The molecule has 4 nitrogen and oxygen atoms in total. The first-order chi connectivity index (χ1) is 10.3. The molecule has 0 aromatic heterocycles. The number of carbonyl (C=O) groups excluding carboxylic acids is 2. The number of carbonyl (C=O) groups is 2. The van der Waals surface area contributed by atoms with Gasteiger partial charge in [-0.3, -0.25) is 4.79 Å². The first kappa shape index (κ1) is 18.1. The summed E-state index contributed by atoms with van der Waals surface area (Å²) in [4.78, 5) is 22.8. The number of nitrogens with one attached hydrogen (secondary N) is 1. The van der Waals surface area contributed by atoms with Crippen LogP contribution in [0.1, 0.15) is 43.1 Å². The van der Waals surface area contributed by atoms with Crippen molar-refractivity contribution in [3.8, 4) is 11.8 Å². The summed E-state index contributed by atoms with van der Waals surface area (Å²) in [7, 11) is 0. The maximum atomic E-state index is 11.4. The van der Waals surface area contributed by atoms with Crippen LogP contribution in [0.25, 0.3) is 0 Å². The predicted molar refractivity (Wildman–Crippen MR) is 87.2 cm³/mol. The molecule has 0 saturated heterocycles. The van der Waals surface area contributed by atoms with Crippen molar-refractivity contribution in [3.05, 3.63) is 35.4 Å². The number of hydrogen-bond donors (Lipinski definition) is 1. The van der Waals surface area contributed by atoms with E-state index in [0.29, 0.717) is 18.5 Å². The van der Waals surface area contributed by atoms with Crippen LogP contribution in [0.4, 0.5) is 4.79 Å². The highest BCUT2D eigenvalue weighted by atomic mass is 35.5. The van der Waals surface area contributed by atoms with Gasteiger partial charge in [0.15, 0.2) is 5.78 Å². The molecule has 1 aromatic carbocycles. The zero-order valence-corrected chi connectivity index (χ0v) is 13.8. The monoisotopic (exact) mass is 321 g/mol. The molecular formula is C17H20ClNO3. The number of Topliss-reactive ketones (excluding diaryl/α,β-unsaturated/α-hetero) is 1. The molecule has 0 bridgehead atoms. The molecule has 1 N–H and O–H groups in total. The molecular weight excluding hydrogens is 302 g/mol. The summed E-state index contributed by atoms with van der Waals surface area (Å²) in [5, 5.41) is 2.63. The van der Waals surface area contributed by atoms with E-state index in [1.165, 1.54) is 0 Å². The molecule has 0 fully saturated rings. The molecule has 0 spiro atoms. The normalized spacial score (nSPS) is 10.4. The van der Waals surface area contributed by atoms with Crippen LogP contribution >= 0.6 is 11.6 Å². The second-order valence-corrected chi connectivity index (χ2v) is 5.88. The van der Waals surface area contributed by atoms with Gasteiger partial charge in [0.25, 0.3) is 0 Å². The Hall–Kier alpha value is -1.99. The van der Waals surface area contributed by atoms with E-state index in [1.807, 2.05) is 20.8 Å². The second-order valence-electron chi connectivity index (χ2n) is 5.61. The summed E-state index contributed by atoms with van der Waals surface area (Å²) in [6, 6.07) is 6.95. The summed E-state index contributed by atoms with van der Waals surface area (Å²) < 4.78 is 5.11. The molecule has 0 saturated carbocycles. The lowest BCUT2D eigenvalue weighted by Gasteiger charge is -2.19. The molecule has 0 aliphatic carbocycles. The summed E-state index contributed by atoms with van der Waals surface area (Å²) >= 11 is 5.49. The van der Waals surface area contributed by atoms with Crippen molar-refractivity contribution < 1.29 is 14.3 Å². The van der Waals surface area contributed by atoms with Crippen molar-refractivity contribution >= 4 is 23.5 Å². The van der Waals surface area contributed by atoms with Crippen molar-refractivity contribution in [2.75, 3.05) is 12.4 Å². The van der Waals surface area contributed by atoms with Gasteiger partial charge in [0.05, 0.1) is 5.88 Å². The van der Waals surface area contributed by atoms with Gasteiger partial charge in [-0.15, -0.1) is 11.6 Å². The van der Waals surface area contributed by atoms with Gasteiger partial charge in [-0.1, -0.05) is 24.0 Å². The van der Waals surface area contributed by atoms with Gasteiger partial charge >= 0.3 is 6.09 Å². The Kier molecular flexibility index (Phi) is 6.94. The number of benzene rings is 1. The summed E-state index contributed by atoms with van der Waals surface area (Å²) in [5.74, 6) is 5.78. The average Bonchev–Trinajstić information content (AvgIpc) is 2.45. The molecule has 0 aliphatic heterocycles. The molecule has 1 amide bonds. The number of ether oxygens (including phenoxy) is 1. The average molecular weight is 322 g/mol. The van der Waals surface area contributed by atoms with Gasteiger partial charge < -0.3 is 10.1 Å². The fraction of sp³-hybridized carbons (Fsp3) is 0.412. The molecule has 22 heavy (non-hydrogen) atoms. The zero-order chi connectivity index (χ0) is 16.6. The van der Waals surface area contributed by atoms with Gasteiger partial charge in [0.1, 0.15) is 5.60 Å². The summed E-state index contributed by atoms with van der Waals surface area (Å²) in [5.41, 5.74) is 0.883. The van der Waals surface area contributed by atoms with E-state index in [1.54, 1.807) is 24.3 Å². The maximum absolute atomic E-state index is 11.4. The fourth-order valence-electron chi connectivity index (χ4n) is 1.52. The van der Waals surface area contributed by atoms with Crippen LogP contribution in [0.15, 0.2) is 24.3 Å². The molecule has 0 atom stereocenters. The quantitative estimate of drug-likeness (QED) is 0.400. The maximum Gasteiger partial charge on any atom is 0.407 e. The van der Waals surface area contributed by atoms with Crippen LogP contribution < -0.4 is 5.32 Å². The number of rotatable bonds is 4. The lowest BCUT2D eigenvalue weighted by atomic mass is 10.1. The minimum Gasteiger partial charge on any atom is -0.444 e. The smallest absolute Gasteiger partial charge is 0.407 e. The number of alkyl carbamates (subject to hydrolysis) is 1. The van der Waals surface area contributed by atoms with Crippen molar-refractivity contribution in [1.82, 2.24) is 5.32 Å². The lowest BCUT2D eigenvalue weighted by molar-refractivity contribution is 0.0529. The van der Waals surface area contributed by atoms with Gasteiger partial charge in [-0.05, 0) is 32.9 Å². The van der Waals surface area contributed by atoms with Crippen LogP contribution in [0.2, 0.25) is 0 Å². The van der Waals surface area contributed by atoms with E-state index in [-0.39, 0.29) is 11.7 Å². The van der Waals surface area contributed by atoms with E-state index < -0.39 is 11.7 Å². The van der Waals surface area contributed by atoms with E-state index in [2.05, 4.69) is 17.2 Å². The first-order valence-corrected chi connectivity index (χ1v) is 7.50. The Morgan fingerprint density at radius 1 is 1.23 bits per heavy atom. The minimum atomic E-state index is -0.502. The number of hydrogen-bond acceptors (Lipinski definition) is 3. The van der Waals surface area contributed by atoms with Gasteiger partial charge in [0, 0.05) is 24.1 Å². The minimum absolute atomic E-state index is 0.0264. The highest BCUT2D eigenvalue weighted by Gasteiger charge is 2.15. The molecule has 5 heteroatoms. The van der Waals surface area contributed by atoms with Crippen LogP contribution in [-0.4, -0.2) is 29.9 Å². The standard InChI is InChI=1S/C17H20ClNO3/c1-17(2,3)22-16(21)19-11-5-4-6-13-7-9-14(10-8-13)15(20)12-18/h7-10H,5,11-12H2,1-3H3,(H,19,21). The van der Waals surface area contributed by atoms with Crippen LogP contribution in [0.5, 0.6) is 0 Å². The van der Waals surface area contributed by atoms with Crippen molar-refractivity contribution in [3.63, 3.8) is 0 Å². The third-order valence-corrected chi connectivity index (χ3v) is 2.72. The van der Waals surface area contributed by atoms with Crippen molar-refractivity contribution in [1.29, 1.82) is 0 Å². The SMILES string of the molecule is CC(C)(C)OC(=O)NCCC#Cc1ccc(C(=O)CCl)cc1. The molecule has 1 rings (SSSR count). The summed E-state index contributed by atoms with van der Waals surface area (Å²) in [6.45, 7) is 5.85. The van der Waals surface area contributed by atoms with E-state index >= 15 is 0 Å². The topological polar surface area (TPSA) is 55.4 Å². The Morgan fingerprint density at radius 3 is 2.41 bits per heavy atom. The highest BCUT2D eigenvalue weighted by Crippen LogP contribution is 2.06. The number of amides is 1. The third kappa shape index (κ3) is 7.14. The largest absolute Gasteiger partial charge is 0.444 e. The van der Waals surface area contributed by atoms with Gasteiger partial charge in [-0.2, -0.15) is 0 Å². The van der Waals surface area contributed by atoms with Crippen molar-refractivity contribution in [2.24, 2.45) is 0 Å². The first-order valence-electron chi connectivity index (χ1n) is 6.97. The molecule has 1 aromatic rings. The van der Waals surface area contributed by atoms with Gasteiger partial charge in [0.2, 0.25) is 0 Å². The van der Waals surface area contributed by atoms with E-state index in [4.69, 9.17) is 16.3 Å². The Labute approximate surface area is 136 Å². The van der Waals surface area contributed by atoms with Crippen LogP contribution in [0, 0.1) is 11.8 Å². The molecule has 118 valence electrons. The Bertz CT molecular complexity index is 577. The van der Waals surface area contributed by atoms with Crippen LogP contribution in [0.3, 0.4) is 0 Å². The number of halogens is 1. The zero-order valence-electron chi connectivity index (χ0n) is 13.0. The Morgan fingerprint density at radius 2 is 1.86 bits per heavy atom. The third-order valence-electron chi connectivity index (χ3n) is 2.48. The summed E-state index contributed by atoms with van der Waals surface area (Å²) in [6.07, 6.45) is 0.0694. The number of alkyl halides is 1. The lowest BCUT2D eigenvalue weighted by Crippen LogP contribution is -2.32. The van der Waals surface area contributed by atoms with E-state index in [0.717, 1.165) is 5.56 Å². The van der Waals surface area contributed by atoms with Crippen molar-refractivity contribution in [2.45, 2.75) is 32.8 Å². The Balaban J connectivity index is 2.39. The van der Waals surface area contributed by atoms with Crippen LogP contribution in [-0.2, 0) is 4.74 Å². The molecule has 0 aliphatic rings. The molecule has 0 radical (unpaired) electrons. The molecule has 0 unspecified atom stereocenters. The predicted octanol–water partition coefficient (Wildman–Crippen LogP) is 3.37. The van der Waals surface area contributed by atoms with Gasteiger partial charge in [-0.25, -0.2) is 4.79 Å². The number of ketones is 1.